The molecule has 7 heteroatoms. The molecule has 40 heavy (non-hydrogen) atoms. The molecule has 3 aromatic carbocycles. The first kappa shape index (κ1) is 29.2. The van der Waals surface area contributed by atoms with E-state index in [1.165, 1.54) is 12.1 Å². The third kappa shape index (κ3) is 7.26. The highest BCUT2D eigenvalue weighted by Gasteiger charge is 2.29. The van der Waals surface area contributed by atoms with Gasteiger partial charge in [-0.1, -0.05) is 43.7 Å². The lowest BCUT2D eigenvalue weighted by Gasteiger charge is -2.29. The normalized spacial score (nSPS) is 16.8. The van der Waals surface area contributed by atoms with Gasteiger partial charge >= 0.3 is 5.97 Å². The molecule has 4 nitrogen and oxygen atoms in total. The summed E-state index contributed by atoms with van der Waals surface area (Å²) in [6.45, 7) is 6.67. The highest BCUT2D eigenvalue weighted by atomic mass is 19.2. The standard InChI is InChI=1S/C33H35F3O4/c1-3-5-19-38-24-11-7-22(8-12-24)27-17-18-28(32(36)31(27)35)23-9-13-25(14-10-23)40-33(37)29-16-15-26(21-30(29)34)39-20-6-4-2/h4,7-8,11-12,15-18,21,23,25H,2-3,5-6,9-10,13-14,19-20H2,1H3. The first-order chi connectivity index (χ1) is 19.4. The van der Waals surface area contributed by atoms with E-state index in [1.807, 2.05) is 0 Å². The molecule has 0 aromatic heterocycles. The van der Waals surface area contributed by atoms with Crippen molar-refractivity contribution in [2.45, 2.75) is 63.9 Å². The van der Waals surface area contributed by atoms with Crippen LogP contribution in [0.3, 0.4) is 0 Å². The summed E-state index contributed by atoms with van der Waals surface area (Å²) in [6, 6.07) is 14.3. The molecular weight excluding hydrogens is 517 g/mol. The van der Waals surface area contributed by atoms with E-state index in [0.29, 0.717) is 67.9 Å². The predicted octanol–water partition coefficient (Wildman–Crippen LogP) is 8.79. The van der Waals surface area contributed by atoms with Crippen LogP contribution < -0.4 is 9.47 Å². The summed E-state index contributed by atoms with van der Waals surface area (Å²) in [5, 5.41) is 0. The van der Waals surface area contributed by atoms with Gasteiger partial charge in [0.25, 0.3) is 0 Å². The molecule has 1 saturated carbocycles. The second-order valence-electron chi connectivity index (χ2n) is 10.0. The zero-order valence-electron chi connectivity index (χ0n) is 22.8. The second kappa shape index (κ2) is 14.1. The number of esters is 1. The first-order valence-corrected chi connectivity index (χ1v) is 13.9. The summed E-state index contributed by atoms with van der Waals surface area (Å²) in [5.74, 6) is -2.37. The average molecular weight is 553 g/mol. The van der Waals surface area contributed by atoms with Crippen molar-refractivity contribution in [1.82, 2.24) is 0 Å². The van der Waals surface area contributed by atoms with E-state index in [-0.39, 0.29) is 17.0 Å². The maximum absolute atomic E-state index is 15.2. The molecule has 1 aliphatic carbocycles. The predicted molar refractivity (Wildman–Crippen MR) is 149 cm³/mol. The van der Waals surface area contributed by atoms with Crippen molar-refractivity contribution in [1.29, 1.82) is 0 Å². The topological polar surface area (TPSA) is 44.8 Å². The number of ether oxygens (including phenoxy) is 3. The van der Waals surface area contributed by atoms with Gasteiger partial charge in [-0.25, -0.2) is 18.0 Å². The lowest BCUT2D eigenvalue weighted by molar-refractivity contribution is 0.0189. The van der Waals surface area contributed by atoms with Gasteiger partial charge in [0.2, 0.25) is 0 Å². The molecule has 4 rings (SSSR count). The van der Waals surface area contributed by atoms with Gasteiger partial charge in [-0.3, -0.25) is 0 Å². The molecule has 1 aliphatic rings. The molecule has 1 fully saturated rings. The second-order valence-corrected chi connectivity index (χ2v) is 10.0. The van der Waals surface area contributed by atoms with Crippen molar-refractivity contribution >= 4 is 5.97 Å². The van der Waals surface area contributed by atoms with Gasteiger partial charge in [-0.15, -0.1) is 6.58 Å². The van der Waals surface area contributed by atoms with Crippen LogP contribution in [0.15, 0.2) is 67.3 Å². The fourth-order valence-corrected chi connectivity index (χ4v) is 4.89. The number of carbonyl (C=O) groups is 1. The Hall–Kier alpha value is -3.74. The van der Waals surface area contributed by atoms with Gasteiger partial charge in [-0.05, 0) is 79.8 Å². The average Bonchev–Trinajstić information content (AvgIpc) is 2.96. The van der Waals surface area contributed by atoms with Gasteiger partial charge in [0.15, 0.2) is 11.6 Å². The van der Waals surface area contributed by atoms with Crippen molar-refractivity contribution in [2.24, 2.45) is 0 Å². The van der Waals surface area contributed by atoms with Crippen LogP contribution in [0, 0.1) is 17.5 Å². The Morgan fingerprint density at radius 2 is 1.60 bits per heavy atom. The van der Waals surface area contributed by atoms with Gasteiger partial charge in [0.1, 0.15) is 23.4 Å². The lowest BCUT2D eigenvalue weighted by atomic mass is 9.82. The Labute approximate surface area is 233 Å². The van der Waals surface area contributed by atoms with Gasteiger partial charge in [-0.2, -0.15) is 0 Å². The number of benzene rings is 3. The molecule has 0 unspecified atom stereocenters. The fourth-order valence-electron chi connectivity index (χ4n) is 4.89. The number of unbranched alkanes of at least 4 members (excludes halogenated alkanes) is 1. The van der Waals surface area contributed by atoms with Crippen molar-refractivity contribution in [3.63, 3.8) is 0 Å². The minimum atomic E-state index is -0.877. The summed E-state index contributed by atoms with van der Waals surface area (Å²) < 4.78 is 61.4. The Bertz CT molecular complexity index is 1300. The molecule has 0 saturated heterocycles. The van der Waals surface area contributed by atoms with E-state index < -0.39 is 29.5 Å². The number of hydrogen-bond donors (Lipinski definition) is 0. The van der Waals surface area contributed by atoms with Gasteiger partial charge in [0, 0.05) is 11.6 Å². The molecule has 212 valence electrons. The van der Waals surface area contributed by atoms with E-state index >= 15 is 8.78 Å². The molecule has 0 radical (unpaired) electrons. The van der Waals surface area contributed by atoms with E-state index in [2.05, 4.69) is 13.5 Å². The molecule has 0 heterocycles. The van der Waals surface area contributed by atoms with Crippen molar-refractivity contribution in [3.8, 4) is 22.6 Å². The quantitative estimate of drug-likeness (QED) is 0.128. The number of carbonyl (C=O) groups excluding carboxylic acids is 1. The summed E-state index contributed by atoms with van der Waals surface area (Å²) in [4.78, 5) is 12.6. The zero-order valence-corrected chi connectivity index (χ0v) is 22.8. The first-order valence-electron chi connectivity index (χ1n) is 13.9. The molecule has 0 N–H and O–H groups in total. The van der Waals surface area contributed by atoms with Crippen LogP contribution in [-0.4, -0.2) is 25.3 Å². The van der Waals surface area contributed by atoms with E-state index in [1.54, 1.807) is 42.5 Å². The monoisotopic (exact) mass is 552 g/mol. The van der Waals surface area contributed by atoms with Crippen LogP contribution in [0.2, 0.25) is 0 Å². The third-order valence-corrected chi connectivity index (χ3v) is 7.18. The Morgan fingerprint density at radius 3 is 2.27 bits per heavy atom. The maximum Gasteiger partial charge on any atom is 0.341 e. The smallest absolute Gasteiger partial charge is 0.341 e. The van der Waals surface area contributed by atoms with Crippen LogP contribution in [-0.2, 0) is 4.74 Å². The molecule has 0 atom stereocenters. The molecular formula is C33H35F3O4. The Kier molecular flexibility index (Phi) is 10.3. The van der Waals surface area contributed by atoms with Crippen LogP contribution in [0.25, 0.3) is 11.1 Å². The van der Waals surface area contributed by atoms with Crippen molar-refractivity contribution in [2.75, 3.05) is 13.2 Å². The summed E-state index contributed by atoms with van der Waals surface area (Å²) >= 11 is 0. The van der Waals surface area contributed by atoms with E-state index in [0.717, 1.165) is 18.9 Å². The molecule has 0 bridgehead atoms. The van der Waals surface area contributed by atoms with Crippen molar-refractivity contribution in [3.05, 3.63) is 95.8 Å². The van der Waals surface area contributed by atoms with Gasteiger partial charge in [0.05, 0.1) is 18.8 Å². The number of halogens is 3. The Morgan fingerprint density at radius 1 is 0.900 bits per heavy atom. The largest absolute Gasteiger partial charge is 0.494 e. The summed E-state index contributed by atoms with van der Waals surface area (Å²) in [7, 11) is 0. The highest BCUT2D eigenvalue weighted by molar-refractivity contribution is 5.90. The number of hydrogen-bond acceptors (Lipinski definition) is 4. The van der Waals surface area contributed by atoms with Crippen LogP contribution >= 0.6 is 0 Å². The lowest BCUT2D eigenvalue weighted by Crippen LogP contribution is -2.24. The molecule has 0 amide bonds. The van der Waals surface area contributed by atoms with E-state index in [4.69, 9.17) is 14.2 Å². The van der Waals surface area contributed by atoms with Crippen molar-refractivity contribution < 1.29 is 32.2 Å². The molecule has 3 aromatic rings. The van der Waals surface area contributed by atoms with Crippen LogP contribution in [0.1, 0.15) is 73.7 Å². The molecule has 0 spiro atoms. The fraction of sp³-hybridized carbons (Fsp3) is 0.364. The van der Waals surface area contributed by atoms with Gasteiger partial charge < -0.3 is 14.2 Å². The SMILES string of the molecule is C=CCCOc1ccc(C(=O)OC2CCC(c3ccc(-c4ccc(OCCCC)cc4)c(F)c3F)CC2)c(F)c1. The summed E-state index contributed by atoms with van der Waals surface area (Å²) in [5.41, 5.74) is 0.930. The number of rotatable bonds is 12. The maximum atomic E-state index is 15.2. The minimum absolute atomic E-state index is 0.164. The van der Waals surface area contributed by atoms with Crippen LogP contribution in [0.4, 0.5) is 13.2 Å². The zero-order chi connectivity index (χ0) is 28.5. The Balaban J connectivity index is 1.34. The third-order valence-electron chi connectivity index (χ3n) is 7.18. The van der Waals surface area contributed by atoms with E-state index in [9.17, 15) is 9.18 Å². The highest BCUT2D eigenvalue weighted by Crippen LogP contribution is 2.38. The summed E-state index contributed by atoms with van der Waals surface area (Å²) in [6.07, 6.45) is 5.88. The van der Waals surface area contributed by atoms with Crippen LogP contribution in [0.5, 0.6) is 11.5 Å². The molecule has 0 aliphatic heterocycles. The minimum Gasteiger partial charge on any atom is -0.494 e.